The van der Waals surface area contributed by atoms with E-state index in [4.69, 9.17) is 0 Å². The van der Waals surface area contributed by atoms with E-state index in [0.717, 1.165) is 11.1 Å². The van der Waals surface area contributed by atoms with Gasteiger partial charge in [0.2, 0.25) is 0 Å². The quantitative estimate of drug-likeness (QED) is 0.822. The van der Waals surface area contributed by atoms with E-state index >= 15 is 0 Å². The van der Waals surface area contributed by atoms with E-state index in [-0.39, 0.29) is 11.2 Å². The minimum atomic E-state index is -0.328. The molecule has 1 saturated carbocycles. The Morgan fingerprint density at radius 3 is 2.55 bits per heavy atom. The topological polar surface area (TPSA) is 61.8 Å². The maximum absolute atomic E-state index is 12.1. The first kappa shape index (κ1) is 13.1. The average molecular weight is 276 g/mol. The molecule has 0 N–H and O–H groups in total. The Morgan fingerprint density at radius 1 is 1.15 bits per heavy atom. The van der Waals surface area contributed by atoms with Crippen LogP contribution in [0.2, 0.25) is 0 Å². The fraction of sp³-hybridized carbons (Fsp3) is 0.643. The molecule has 0 aromatic carbocycles. The predicted molar refractivity (Wildman–Crippen MR) is 76.8 cm³/mol. The molecule has 20 heavy (non-hydrogen) atoms. The zero-order valence-electron chi connectivity index (χ0n) is 12.0. The van der Waals surface area contributed by atoms with Gasteiger partial charge in [0.1, 0.15) is 5.39 Å². The lowest BCUT2D eigenvalue weighted by atomic mass is 9.89. The van der Waals surface area contributed by atoms with Crippen molar-refractivity contribution < 1.29 is 0 Å². The van der Waals surface area contributed by atoms with Gasteiger partial charge in [0.25, 0.3) is 5.56 Å². The molecular formula is C14H20N4O2. The molecule has 2 heterocycles. The number of nitrogens with zero attached hydrogens (tertiary/aromatic N) is 4. The van der Waals surface area contributed by atoms with Crippen molar-refractivity contribution in [3.63, 3.8) is 0 Å². The first-order valence-electron chi connectivity index (χ1n) is 7.21. The van der Waals surface area contributed by atoms with Gasteiger partial charge in [-0.15, -0.1) is 0 Å². The Morgan fingerprint density at radius 2 is 1.85 bits per heavy atom. The molecule has 0 unspecified atom stereocenters. The summed E-state index contributed by atoms with van der Waals surface area (Å²) in [4.78, 5) is 24.0. The third-order valence-corrected chi connectivity index (χ3v) is 4.34. The molecule has 1 aliphatic carbocycles. The molecular weight excluding hydrogens is 256 g/mol. The van der Waals surface area contributed by atoms with Crippen molar-refractivity contribution in [3.05, 3.63) is 27.0 Å². The van der Waals surface area contributed by atoms with E-state index in [1.807, 2.05) is 4.68 Å². The lowest BCUT2D eigenvalue weighted by molar-refractivity contribution is 0.308. The zero-order chi connectivity index (χ0) is 14.3. The molecule has 0 bridgehead atoms. The van der Waals surface area contributed by atoms with Gasteiger partial charge in [-0.3, -0.25) is 18.6 Å². The van der Waals surface area contributed by atoms with Gasteiger partial charge in [0.15, 0.2) is 5.65 Å². The molecule has 0 amide bonds. The molecule has 1 fully saturated rings. The second-order valence-corrected chi connectivity index (χ2v) is 5.80. The van der Waals surface area contributed by atoms with Gasteiger partial charge in [-0.2, -0.15) is 5.10 Å². The van der Waals surface area contributed by atoms with Crippen LogP contribution in [0.3, 0.4) is 0 Å². The van der Waals surface area contributed by atoms with Gasteiger partial charge in [-0.1, -0.05) is 19.3 Å². The highest BCUT2D eigenvalue weighted by atomic mass is 16.2. The first-order chi connectivity index (χ1) is 9.58. The summed E-state index contributed by atoms with van der Waals surface area (Å²) in [6, 6.07) is 0. The first-order valence-corrected chi connectivity index (χ1v) is 7.21. The maximum atomic E-state index is 12.1. The third-order valence-electron chi connectivity index (χ3n) is 4.34. The molecule has 0 atom stereocenters. The van der Waals surface area contributed by atoms with E-state index in [1.54, 1.807) is 13.2 Å². The Labute approximate surface area is 116 Å². The van der Waals surface area contributed by atoms with Crippen molar-refractivity contribution in [1.82, 2.24) is 18.9 Å². The molecule has 0 spiro atoms. The van der Waals surface area contributed by atoms with Crippen LogP contribution in [0.1, 0.15) is 32.1 Å². The Hall–Kier alpha value is -1.85. The number of hydrogen-bond acceptors (Lipinski definition) is 3. The number of hydrogen-bond donors (Lipinski definition) is 0. The van der Waals surface area contributed by atoms with Crippen molar-refractivity contribution in [3.8, 4) is 0 Å². The van der Waals surface area contributed by atoms with Gasteiger partial charge < -0.3 is 0 Å². The Bertz CT molecular complexity index is 747. The van der Waals surface area contributed by atoms with Crippen molar-refractivity contribution in [2.45, 2.75) is 38.6 Å². The van der Waals surface area contributed by atoms with E-state index in [1.165, 1.54) is 43.7 Å². The van der Waals surface area contributed by atoms with Crippen molar-refractivity contribution in [1.29, 1.82) is 0 Å². The lowest BCUT2D eigenvalue weighted by Gasteiger charge is -2.21. The molecule has 0 aliphatic heterocycles. The van der Waals surface area contributed by atoms with Crippen LogP contribution in [0.25, 0.3) is 11.0 Å². The van der Waals surface area contributed by atoms with Crippen LogP contribution >= 0.6 is 0 Å². The monoisotopic (exact) mass is 276 g/mol. The predicted octanol–water partition coefficient (Wildman–Crippen LogP) is 1.01. The highest BCUT2D eigenvalue weighted by Gasteiger charge is 2.17. The summed E-state index contributed by atoms with van der Waals surface area (Å²) in [6.07, 6.45) is 8.13. The van der Waals surface area contributed by atoms with Crippen LogP contribution < -0.4 is 11.2 Å². The highest BCUT2D eigenvalue weighted by Crippen LogP contribution is 2.25. The summed E-state index contributed by atoms with van der Waals surface area (Å²) in [6.45, 7) is 0.839. The normalized spacial score (nSPS) is 16.9. The molecule has 3 rings (SSSR count). The molecule has 2 aromatic rings. The van der Waals surface area contributed by atoms with E-state index in [2.05, 4.69) is 5.10 Å². The van der Waals surface area contributed by atoms with Gasteiger partial charge in [0, 0.05) is 26.8 Å². The van der Waals surface area contributed by atoms with E-state index < -0.39 is 0 Å². The molecule has 0 radical (unpaired) electrons. The molecule has 1 aliphatic rings. The van der Waals surface area contributed by atoms with Gasteiger partial charge in [0.05, 0.1) is 0 Å². The van der Waals surface area contributed by atoms with Crippen LogP contribution in [0.5, 0.6) is 0 Å². The number of aryl methyl sites for hydroxylation is 1. The summed E-state index contributed by atoms with van der Waals surface area (Å²) >= 11 is 0. The standard InChI is InChI=1S/C14H20N4O2/c1-16-12-11(13(19)17(2)14(16)20)9-18(15-12)8-10-6-4-3-5-7-10/h9-10H,3-8H2,1-2H3. The molecule has 6 heteroatoms. The summed E-state index contributed by atoms with van der Waals surface area (Å²) in [5, 5.41) is 4.95. The highest BCUT2D eigenvalue weighted by molar-refractivity contribution is 5.72. The molecule has 0 saturated heterocycles. The largest absolute Gasteiger partial charge is 0.332 e. The van der Waals surface area contributed by atoms with Crippen molar-refractivity contribution in [2.75, 3.05) is 0 Å². The second-order valence-electron chi connectivity index (χ2n) is 5.80. The maximum Gasteiger partial charge on any atom is 0.332 e. The van der Waals surface area contributed by atoms with Crippen molar-refractivity contribution in [2.24, 2.45) is 20.0 Å². The van der Waals surface area contributed by atoms with Crippen LogP contribution in [0, 0.1) is 5.92 Å². The number of rotatable bonds is 2. The van der Waals surface area contributed by atoms with Crippen LogP contribution in [0.15, 0.2) is 15.8 Å². The van der Waals surface area contributed by atoms with Gasteiger partial charge >= 0.3 is 5.69 Å². The zero-order valence-corrected chi connectivity index (χ0v) is 12.0. The molecule has 6 nitrogen and oxygen atoms in total. The lowest BCUT2D eigenvalue weighted by Crippen LogP contribution is -2.36. The smallest absolute Gasteiger partial charge is 0.279 e. The van der Waals surface area contributed by atoms with E-state index in [9.17, 15) is 9.59 Å². The summed E-state index contributed by atoms with van der Waals surface area (Å²) in [7, 11) is 3.16. The van der Waals surface area contributed by atoms with E-state index in [0.29, 0.717) is 17.0 Å². The van der Waals surface area contributed by atoms with Crippen LogP contribution in [0.4, 0.5) is 0 Å². The summed E-state index contributed by atoms with van der Waals surface area (Å²) < 4.78 is 4.41. The minimum absolute atomic E-state index is 0.266. The fourth-order valence-electron chi connectivity index (χ4n) is 3.12. The Balaban J connectivity index is 2.02. The van der Waals surface area contributed by atoms with Crippen molar-refractivity contribution >= 4 is 11.0 Å². The average Bonchev–Trinajstić information content (AvgIpc) is 2.88. The van der Waals surface area contributed by atoms with Crippen LogP contribution in [-0.2, 0) is 20.6 Å². The van der Waals surface area contributed by atoms with Crippen LogP contribution in [-0.4, -0.2) is 18.9 Å². The number of aromatic nitrogens is 4. The third kappa shape index (κ3) is 2.09. The SMILES string of the molecule is Cn1c(=O)c2cn(CC3CCCCC3)nc2n(C)c1=O. The van der Waals surface area contributed by atoms with Gasteiger partial charge in [-0.05, 0) is 18.8 Å². The summed E-state index contributed by atoms with van der Waals surface area (Å²) in [5.41, 5.74) is -0.114. The Kier molecular flexibility index (Phi) is 3.23. The number of fused-ring (bicyclic) bond motifs is 1. The summed E-state index contributed by atoms with van der Waals surface area (Å²) in [5.74, 6) is 0.638. The second kappa shape index (κ2) is 4.92. The fourth-order valence-corrected chi connectivity index (χ4v) is 3.12. The molecule has 108 valence electrons. The molecule has 2 aromatic heterocycles. The van der Waals surface area contributed by atoms with Gasteiger partial charge in [-0.25, -0.2) is 4.79 Å². The minimum Gasteiger partial charge on any atom is -0.279 e.